The topological polar surface area (TPSA) is 76.7 Å². The van der Waals surface area contributed by atoms with Crippen molar-refractivity contribution in [2.24, 2.45) is 10.7 Å². The first-order valence-corrected chi connectivity index (χ1v) is 6.85. The first-order chi connectivity index (χ1) is 11.4. The van der Waals surface area contributed by atoms with E-state index in [0.717, 1.165) is 18.2 Å². The summed E-state index contributed by atoms with van der Waals surface area (Å²) in [5.41, 5.74) is 3.58. The highest BCUT2D eigenvalue weighted by Crippen LogP contribution is 2.37. The first-order valence-electron chi connectivity index (χ1n) is 6.85. The van der Waals surface area contributed by atoms with Gasteiger partial charge in [0.15, 0.2) is 0 Å². The highest BCUT2D eigenvalue weighted by Gasteiger charge is 2.63. The quantitative estimate of drug-likeness (QED) is 0.804. The third-order valence-electron chi connectivity index (χ3n) is 3.47. The number of benzene rings is 1. The van der Waals surface area contributed by atoms with Gasteiger partial charge in [-0.3, -0.25) is 9.79 Å². The molecule has 0 fully saturated rings. The van der Waals surface area contributed by atoms with Crippen molar-refractivity contribution >= 4 is 17.4 Å². The molecule has 138 valence electrons. The Hall–Kier alpha value is -2.30. The van der Waals surface area contributed by atoms with Crippen LogP contribution < -0.4 is 11.1 Å². The minimum Gasteiger partial charge on any atom is -0.386 e. The highest BCUT2D eigenvalue weighted by atomic mass is 19.4. The molecule has 1 amide bonds. The largest absolute Gasteiger partial charge is 0.463 e. The summed E-state index contributed by atoms with van der Waals surface area (Å²) in [7, 11) is 0. The average molecular weight is 369 g/mol. The second-order valence-corrected chi connectivity index (χ2v) is 5.59. The van der Waals surface area contributed by atoms with E-state index in [1.807, 2.05) is 0 Å². The minimum atomic E-state index is -6.05. The van der Waals surface area contributed by atoms with Crippen molar-refractivity contribution in [2.45, 2.75) is 24.6 Å². The molecule has 2 rings (SSSR count). The van der Waals surface area contributed by atoms with Crippen molar-refractivity contribution in [2.75, 3.05) is 18.5 Å². The summed E-state index contributed by atoms with van der Waals surface area (Å²) in [6, 6.07) is 2.57. The Labute approximate surface area is 137 Å². The van der Waals surface area contributed by atoms with Gasteiger partial charge in [-0.05, 0) is 25.1 Å². The third kappa shape index (κ3) is 3.70. The fourth-order valence-electron chi connectivity index (χ4n) is 2.23. The predicted octanol–water partition coefficient (Wildman–Crippen LogP) is 2.56. The number of nitrogens with zero attached hydrogens (tertiary/aromatic N) is 1. The van der Waals surface area contributed by atoms with Gasteiger partial charge in [0, 0.05) is 11.3 Å². The summed E-state index contributed by atoms with van der Waals surface area (Å²) in [6.45, 7) is 1.36. The van der Waals surface area contributed by atoms with E-state index in [9.17, 15) is 31.1 Å². The maximum absolute atomic E-state index is 14.1. The van der Waals surface area contributed by atoms with E-state index in [4.69, 9.17) is 10.5 Å². The molecule has 25 heavy (non-hydrogen) atoms. The molecule has 0 spiro atoms. The number of carbonyl (C=O) groups is 1. The zero-order chi connectivity index (χ0) is 19.0. The number of ether oxygens (including phenoxy) is 1. The molecule has 0 radical (unpaired) electrons. The summed E-state index contributed by atoms with van der Waals surface area (Å²) < 4.78 is 81.8. The summed E-state index contributed by atoms with van der Waals surface area (Å²) in [6.07, 6.45) is -6.05. The molecule has 5 nitrogen and oxygen atoms in total. The Morgan fingerprint density at radius 3 is 2.52 bits per heavy atom. The van der Waals surface area contributed by atoms with Gasteiger partial charge >= 0.3 is 18.0 Å². The molecule has 11 heteroatoms. The van der Waals surface area contributed by atoms with Gasteiger partial charge in [0.2, 0.25) is 0 Å². The number of aliphatic imine (C=N–C) groups is 1. The van der Waals surface area contributed by atoms with E-state index in [1.54, 1.807) is 0 Å². The molecule has 1 aliphatic rings. The lowest BCUT2D eigenvalue weighted by Crippen LogP contribution is -2.47. The monoisotopic (exact) mass is 369 g/mol. The number of rotatable bonds is 3. The van der Waals surface area contributed by atoms with E-state index in [1.165, 1.54) is 12.2 Å². The summed E-state index contributed by atoms with van der Waals surface area (Å²) in [4.78, 5) is 15.3. The van der Waals surface area contributed by atoms with Gasteiger partial charge in [-0.25, -0.2) is 4.39 Å². The standard InChI is InChI=1S/C14H13F6N3O2/c1-12(6-25-5-10(21)23-12)8-4-7(2-3-9(8)15)22-11(24)13(16,17)14(18,19)20/h2-4H,5-6H2,1H3,(H2,21,23)(H,22,24). The molecule has 0 aromatic heterocycles. The number of halogens is 6. The molecule has 1 aromatic carbocycles. The first kappa shape index (κ1) is 19.0. The lowest BCUT2D eigenvalue weighted by molar-refractivity contribution is -0.267. The van der Waals surface area contributed by atoms with Crippen molar-refractivity contribution in [3.05, 3.63) is 29.6 Å². The Balaban J connectivity index is 2.34. The van der Waals surface area contributed by atoms with Crippen molar-refractivity contribution in [3.63, 3.8) is 0 Å². The van der Waals surface area contributed by atoms with Gasteiger partial charge in [0.1, 0.15) is 23.8 Å². The summed E-state index contributed by atoms with van der Waals surface area (Å²) in [5.74, 6) is -8.93. The molecule has 3 N–H and O–H groups in total. The number of amides is 1. The lowest BCUT2D eigenvalue weighted by Gasteiger charge is -2.30. The van der Waals surface area contributed by atoms with E-state index in [-0.39, 0.29) is 24.6 Å². The van der Waals surface area contributed by atoms with Crippen LogP contribution in [0.2, 0.25) is 0 Å². The van der Waals surface area contributed by atoms with Crippen molar-refractivity contribution in [3.8, 4) is 0 Å². The van der Waals surface area contributed by atoms with Crippen LogP contribution >= 0.6 is 0 Å². The van der Waals surface area contributed by atoms with E-state index in [2.05, 4.69) is 4.99 Å². The van der Waals surface area contributed by atoms with E-state index >= 15 is 0 Å². The molecular formula is C14H13F6N3O2. The van der Waals surface area contributed by atoms with Gasteiger partial charge in [-0.2, -0.15) is 22.0 Å². The van der Waals surface area contributed by atoms with Crippen LogP contribution in [0.15, 0.2) is 23.2 Å². The third-order valence-corrected chi connectivity index (χ3v) is 3.47. The van der Waals surface area contributed by atoms with Crippen LogP contribution in [0.5, 0.6) is 0 Å². The molecule has 0 bridgehead atoms. The molecule has 1 aromatic rings. The van der Waals surface area contributed by atoms with Crippen molar-refractivity contribution < 1.29 is 35.9 Å². The van der Waals surface area contributed by atoms with Crippen LogP contribution in [0, 0.1) is 5.82 Å². The van der Waals surface area contributed by atoms with Crippen LogP contribution in [0.1, 0.15) is 12.5 Å². The lowest BCUT2D eigenvalue weighted by atomic mass is 9.92. The van der Waals surface area contributed by atoms with Crippen LogP contribution in [-0.4, -0.2) is 37.1 Å². The fraction of sp³-hybridized carbons (Fsp3) is 0.429. The van der Waals surface area contributed by atoms with Crippen LogP contribution in [0.3, 0.4) is 0 Å². The summed E-state index contributed by atoms with van der Waals surface area (Å²) in [5, 5.41) is 1.43. The normalized spacial score (nSPS) is 21.6. The number of amidine groups is 1. The smallest absolute Gasteiger partial charge is 0.386 e. The number of anilines is 1. The fourth-order valence-corrected chi connectivity index (χ4v) is 2.23. The van der Waals surface area contributed by atoms with E-state index < -0.39 is 35.0 Å². The molecule has 0 saturated carbocycles. The Kier molecular flexibility index (Phi) is 4.73. The zero-order valence-electron chi connectivity index (χ0n) is 12.8. The maximum Gasteiger partial charge on any atom is 0.463 e. The Morgan fingerprint density at radius 1 is 1.32 bits per heavy atom. The second-order valence-electron chi connectivity index (χ2n) is 5.59. The number of alkyl halides is 5. The highest BCUT2D eigenvalue weighted by molar-refractivity contribution is 5.96. The van der Waals surface area contributed by atoms with Gasteiger partial charge < -0.3 is 15.8 Å². The van der Waals surface area contributed by atoms with Crippen LogP contribution in [0.4, 0.5) is 32.0 Å². The Morgan fingerprint density at radius 2 is 1.96 bits per heavy atom. The van der Waals surface area contributed by atoms with Crippen LogP contribution in [-0.2, 0) is 15.1 Å². The number of hydrogen-bond donors (Lipinski definition) is 2. The minimum absolute atomic E-state index is 0.0193. The van der Waals surface area contributed by atoms with E-state index in [0.29, 0.717) is 0 Å². The van der Waals surface area contributed by atoms with Gasteiger partial charge in [0.05, 0.1) is 6.61 Å². The predicted molar refractivity (Wildman–Crippen MR) is 75.8 cm³/mol. The van der Waals surface area contributed by atoms with Crippen LogP contribution in [0.25, 0.3) is 0 Å². The summed E-state index contributed by atoms with van der Waals surface area (Å²) >= 11 is 0. The molecule has 1 unspecified atom stereocenters. The molecule has 1 aliphatic heterocycles. The van der Waals surface area contributed by atoms with Gasteiger partial charge in [-0.15, -0.1) is 0 Å². The van der Waals surface area contributed by atoms with Crippen molar-refractivity contribution in [1.82, 2.24) is 0 Å². The molecular weight excluding hydrogens is 356 g/mol. The Bertz CT molecular complexity index is 719. The molecule has 0 saturated heterocycles. The number of nitrogens with two attached hydrogens (primary N) is 1. The SMILES string of the molecule is CC1(c2cc(NC(=O)C(F)(F)C(F)(F)F)ccc2F)COCC(N)=N1. The van der Waals surface area contributed by atoms with Gasteiger partial charge in [-0.1, -0.05) is 0 Å². The average Bonchev–Trinajstić information content (AvgIpc) is 2.47. The van der Waals surface area contributed by atoms with Crippen molar-refractivity contribution in [1.29, 1.82) is 0 Å². The molecule has 1 heterocycles. The number of hydrogen-bond acceptors (Lipinski definition) is 4. The second kappa shape index (κ2) is 6.21. The molecule has 1 atom stereocenters. The number of carbonyl (C=O) groups excluding carboxylic acids is 1. The maximum atomic E-state index is 14.1. The zero-order valence-corrected chi connectivity index (χ0v) is 12.8. The van der Waals surface area contributed by atoms with Gasteiger partial charge in [0.25, 0.3) is 0 Å². The molecule has 0 aliphatic carbocycles. The number of nitrogens with one attached hydrogen (secondary N) is 1.